The Morgan fingerprint density at radius 3 is 2.30 bits per heavy atom. The molecule has 1 aromatic heterocycles. The first-order chi connectivity index (χ1) is 17.9. The van der Waals surface area contributed by atoms with Gasteiger partial charge in [0.1, 0.15) is 5.75 Å². The molecule has 37 heavy (non-hydrogen) atoms. The number of esters is 1. The van der Waals surface area contributed by atoms with Crippen molar-refractivity contribution >= 4 is 29.1 Å². The van der Waals surface area contributed by atoms with Crippen LogP contribution in [0.3, 0.4) is 0 Å². The molecule has 0 bridgehead atoms. The van der Waals surface area contributed by atoms with E-state index in [9.17, 15) is 9.59 Å². The number of ether oxygens (including phenoxy) is 2. The number of rotatable bonds is 9. The second-order valence-electron chi connectivity index (χ2n) is 8.57. The van der Waals surface area contributed by atoms with Gasteiger partial charge < -0.3 is 14.4 Å². The lowest BCUT2D eigenvalue weighted by Gasteiger charge is -2.24. The summed E-state index contributed by atoms with van der Waals surface area (Å²) in [5.74, 6) is 0.258. The minimum atomic E-state index is -0.641. The van der Waals surface area contributed by atoms with Gasteiger partial charge in [0, 0.05) is 18.8 Å². The summed E-state index contributed by atoms with van der Waals surface area (Å²) in [6, 6.07) is 15.0. The third-order valence-electron chi connectivity index (χ3n) is 6.34. The van der Waals surface area contributed by atoms with Gasteiger partial charge in [-0.3, -0.25) is 9.36 Å². The highest BCUT2D eigenvalue weighted by Gasteiger charge is 2.33. The maximum atomic E-state index is 13.7. The van der Waals surface area contributed by atoms with E-state index in [2.05, 4.69) is 35.9 Å². The first-order valence-electron chi connectivity index (χ1n) is 12.7. The second kappa shape index (κ2) is 11.6. The molecule has 3 aromatic rings. The van der Waals surface area contributed by atoms with E-state index in [0.29, 0.717) is 27.2 Å². The highest BCUT2D eigenvalue weighted by atomic mass is 32.1. The van der Waals surface area contributed by atoms with E-state index in [-0.39, 0.29) is 12.2 Å². The molecule has 1 aliphatic heterocycles. The molecule has 1 atom stereocenters. The molecule has 0 saturated carbocycles. The molecule has 4 rings (SSSR count). The Kier molecular flexibility index (Phi) is 8.28. The molecule has 8 heteroatoms. The molecule has 0 aliphatic carbocycles. The highest BCUT2D eigenvalue weighted by molar-refractivity contribution is 7.07. The molecular formula is C29H33N3O4S. The molecule has 0 saturated heterocycles. The van der Waals surface area contributed by atoms with E-state index in [1.165, 1.54) is 11.3 Å². The summed E-state index contributed by atoms with van der Waals surface area (Å²) in [6.07, 6.45) is 1.88. The van der Waals surface area contributed by atoms with Gasteiger partial charge in [-0.1, -0.05) is 35.6 Å². The number of hydrogen-bond acceptors (Lipinski definition) is 7. The van der Waals surface area contributed by atoms with Crippen LogP contribution in [0.15, 0.2) is 69.6 Å². The van der Waals surface area contributed by atoms with E-state index in [0.717, 1.165) is 35.7 Å². The first kappa shape index (κ1) is 26.4. The molecule has 0 N–H and O–H groups in total. The standard InChI is InChI=1S/C29H33N3O4S/c1-6-31(7-2)22-14-10-20(11-15-22)18-24-27(33)32-26(21-12-16-23(17-13-21)35-8-3)25(28(34)36-9-4)19(5)30-29(32)37-24/h10-18,26H,6-9H2,1-5H3/b24-18-/t26-/m1/s1. The molecular weight excluding hydrogens is 486 g/mol. The molecule has 0 spiro atoms. The zero-order valence-electron chi connectivity index (χ0n) is 22.0. The van der Waals surface area contributed by atoms with Crippen molar-refractivity contribution < 1.29 is 14.3 Å². The largest absolute Gasteiger partial charge is 0.494 e. The van der Waals surface area contributed by atoms with E-state index in [1.807, 2.05) is 49.4 Å². The summed E-state index contributed by atoms with van der Waals surface area (Å²) in [5.41, 5.74) is 3.60. The summed E-state index contributed by atoms with van der Waals surface area (Å²) in [4.78, 5) is 34.2. The van der Waals surface area contributed by atoms with Crippen LogP contribution in [0.1, 0.15) is 51.8 Å². The number of fused-ring (bicyclic) bond motifs is 1. The molecule has 0 fully saturated rings. The molecule has 7 nitrogen and oxygen atoms in total. The van der Waals surface area contributed by atoms with E-state index < -0.39 is 12.0 Å². The Morgan fingerprint density at radius 1 is 1.03 bits per heavy atom. The fourth-order valence-electron chi connectivity index (χ4n) is 4.54. The Hall–Kier alpha value is -3.65. The second-order valence-corrected chi connectivity index (χ2v) is 9.58. The SMILES string of the molecule is CCOC(=O)C1=C(C)N=c2s/c(=C\c3ccc(N(CC)CC)cc3)c(=O)n2[C@@H]1c1ccc(OCC)cc1. The monoisotopic (exact) mass is 519 g/mol. The lowest BCUT2D eigenvalue weighted by atomic mass is 9.96. The highest BCUT2D eigenvalue weighted by Crippen LogP contribution is 2.31. The maximum absolute atomic E-state index is 13.7. The average Bonchev–Trinajstić information content (AvgIpc) is 3.20. The van der Waals surface area contributed by atoms with Crippen LogP contribution in [0.25, 0.3) is 6.08 Å². The number of carbonyl (C=O) groups is 1. The number of aromatic nitrogens is 1. The van der Waals surface area contributed by atoms with Gasteiger partial charge in [-0.15, -0.1) is 0 Å². The summed E-state index contributed by atoms with van der Waals surface area (Å²) in [6.45, 7) is 12.4. The van der Waals surface area contributed by atoms with Gasteiger partial charge in [-0.05, 0) is 76.1 Å². The summed E-state index contributed by atoms with van der Waals surface area (Å²) < 4.78 is 13.1. The first-order valence-corrected chi connectivity index (χ1v) is 13.5. The van der Waals surface area contributed by atoms with Crippen molar-refractivity contribution in [1.29, 1.82) is 0 Å². The zero-order chi connectivity index (χ0) is 26.5. The number of thiazole rings is 1. The predicted octanol–water partition coefficient (Wildman–Crippen LogP) is 4.04. The zero-order valence-corrected chi connectivity index (χ0v) is 22.8. The van der Waals surface area contributed by atoms with Crippen LogP contribution < -0.4 is 24.5 Å². The average molecular weight is 520 g/mol. The summed E-state index contributed by atoms with van der Waals surface area (Å²) in [5, 5.41) is 0. The normalized spacial score (nSPS) is 15.3. The van der Waals surface area contributed by atoms with Crippen molar-refractivity contribution in [2.75, 3.05) is 31.2 Å². The molecule has 1 aliphatic rings. The lowest BCUT2D eigenvalue weighted by Crippen LogP contribution is -2.39. The van der Waals surface area contributed by atoms with Crippen LogP contribution >= 0.6 is 11.3 Å². The third kappa shape index (κ3) is 5.39. The Morgan fingerprint density at radius 2 is 1.70 bits per heavy atom. The summed E-state index contributed by atoms with van der Waals surface area (Å²) >= 11 is 1.32. The van der Waals surface area contributed by atoms with Crippen molar-refractivity contribution in [3.8, 4) is 5.75 Å². The van der Waals surface area contributed by atoms with Gasteiger partial charge in [-0.25, -0.2) is 9.79 Å². The van der Waals surface area contributed by atoms with Crippen molar-refractivity contribution in [2.24, 2.45) is 4.99 Å². The number of carbonyl (C=O) groups excluding carboxylic acids is 1. The minimum absolute atomic E-state index is 0.190. The van der Waals surface area contributed by atoms with Crippen LogP contribution in [0.4, 0.5) is 5.69 Å². The van der Waals surface area contributed by atoms with E-state index in [1.54, 1.807) is 18.4 Å². The van der Waals surface area contributed by atoms with Gasteiger partial charge in [0.15, 0.2) is 4.80 Å². The number of benzene rings is 2. The van der Waals surface area contributed by atoms with Gasteiger partial charge in [0.25, 0.3) is 5.56 Å². The smallest absolute Gasteiger partial charge is 0.338 e. The van der Waals surface area contributed by atoms with Crippen molar-refractivity contribution in [1.82, 2.24) is 4.57 Å². The molecule has 2 aromatic carbocycles. The van der Waals surface area contributed by atoms with Crippen molar-refractivity contribution in [2.45, 2.75) is 40.7 Å². The summed E-state index contributed by atoms with van der Waals surface area (Å²) in [7, 11) is 0. The molecule has 0 amide bonds. The van der Waals surface area contributed by atoms with Crippen LogP contribution in [0, 0.1) is 0 Å². The minimum Gasteiger partial charge on any atom is -0.494 e. The fraction of sp³-hybridized carbons (Fsp3) is 0.345. The molecule has 0 unspecified atom stereocenters. The number of allylic oxidation sites excluding steroid dienone is 1. The molecule has 194 valence electrons. The quantitative estimate of drug-likeness (QED) is 0.399. The van der Waals surface area contributed by atoms with Gasteiger partial charge in [-0.2, -0.15) is 0 Å². The van der Waals surface area contributed by atoms with E-state index in [4.69, 9.17) is 9.47 Å². The van der Waals surface area contributed by atoms with Crippen molar-refractivity contribution in [3.63, 3.8) is 0 Å². The van der Waals surface area contributed by atoms with Gasteiger partial charge in [0.2, 0.25) is 0 Å². The van der Waals surface area contributed by atoms with Crippen LogP contribution in [0.5, 0.6) is 5.75 Å². The van der Waals surface area contributed by atoms with Crippen molar-refractivity contribution in [3.05, 3.63) is 90.6 Å². The Balaban J connectivity index is 1.83. The van der Waals surface area contributed by atoms with Crippen LogP contribution in [-0.4, -0.2) is 36.8 Å². The Bertz CT molecular complexity index is 1460. The maximum Gasteiger partial charge on any atom is 0.338 e. The van der Waals surface area contributed by atoms with Crippen LogP contribution in [0.2, 0.25) is 0 Å². The van der Waals surface area contributed by atoms with Gasteiger partial charge >= 0.3 is 5.97 Å². The predicted molar refractivity (Wildman–Crippen MR) is 148 cm³/mol. The number of hydrogen-bond donors (Lipinski definition) is 0. The van der Waals surface area contributed by atoms with Gasteiger partial charge in [0.05, 0.1) is 35.1 Å². The fourth-order valence-corrected chi connectivity index (χ4v) is 5.59. The van der Waals surface area contributed by atoms with Crippen LogP contribution in [-0.2, 0) is 9.53 Å². The molecule has 2 heterocycles. The third-order valence-corrected chi connectivity index (χ3v) is 7.33. The number of anilines is 1. The lowest BCUT2D eigenvalue weighted by molar-refractivity contribution is -0.139. The topological polar surface area (TPSA) is 73.1 Å². The molecule has 0 radical (unpaired) electrons. The number of nitrogens with zero attached hydrogens (tertiary/aromatic N) is 3. The Labute approximate surface area is 221 Å². The van der Waals surface area contributed by atoms with E-state index >= 15 is 0 Å².